The monoisotopic (exact) mass is 525 g/mol. The number of rotatable bonds is 10. The molecular weight excluding hydrogens is 490 g/mol. The highest BCUT2D eigenvalue weighted by molar-refractivity contribution is 9.09. The summed E-state index contributed by atoms with van der Waals surface area (Å²) in [7, 11) is 1.68. The molecule has 3 fully saturated rings. The smallest absolute Gasteiger partial charge is 0.248 e. The molecule has 3 amide bonds. The maximum Gasteiger partial charge on any atom is 0.248 e. The fraction of sp³-hybridized carbons (Fsp3) is 0.708. The van der Waals surface area contributed by atoms with E-state index >= 15 is 0 Å². The molecule has 0 aliphatic carbocycles. The number of hydrogen-bond acceptors (Lipinski definition) is 5. The Labute approximate surface area is 204 Å². The molecule has 3 heterocycles. The highest BCUT2D eigenvalue weighted by atomic mass is 79.9. The lowest BCUT2D eigenvalue weighted by Gasteiger charge is -2.40. The predicted molar refractivity (Wildman–Crippen MR) is 129 cm³/mol. The number of likely N-dealkylation sites (tertiary alicyclic amines) is 1. The van der Waals surface area contributed by atoms with E-state index in [1.54, 1.807) is 29.0 Å². The Morgan fingerprint density at radius 2 is 1.94 bits per heavy atom. The highest BCUT2D eigenvalue weighted by Gasteiger charge is 2.77. The molecule has 3 rings (SSSR count). The minimum atomic E-state index is -1.13. The van der Waals surface area contributed by atoms with E-state index < -0.39 is 35.6 Å². The molecule has 1 spiro atoms. The summed E-state index contributed by atoms with van der Waals surface area (Å²) < 4.78 is 6.50. The molecule has 9 heteroatoms. The number of aliphatic hydroxyl groups excluding tert-OH is 1. The van der Waals surface area contributed by atoms with E-state index in [0.29, 0.717) is 25.9 Å². The Morgan fingerprint density at radius 1 is 1.30 bits per heavy atom. The average Bonchev–Trinajstić information content (AvgIpc) is 3.36. The van der Waals surface area contributed by atoms with Crippen LogP contribution >= 0.6 is 15.9 Å². The van der Waals surface area contributed by atoms with Gasteiger partial charge in [0.15, 0.2) is 0 Å². The number of alkyl halides is 1. The van der Waals surface area contributed by atoms with Crippen LogP contribution in [0.15, 0.2) is 25.3 Å². The van der Waals surface area contributed by atoms with Gasteiger partial charge in [-0.15, -0.1) is 13.2 Å². The molecule has 2 bridgehead atoms. The van der Waals surface area contributed by atoms with Crippen molar-refractivity contribution in [3.63, 3.8) is 0 Å². The first-order valence-corrected chi connectivity index (χ1v) is 12.5. The number of carbonyl (C=O) groups is 3. The first kappa shape index (κ1) is 25.9. The summed E-state index contributed by atoms with van der Waals surface area (Å²) in [5.41, 5.74) is -1.13. The van der Waals surface area contributed by atoms with E-state index in [2.05, 4.69) is 29.1 Å². The largest absolute Gasteiger partial charge is 0.394 e. The summed E-state index contributed by atoms with van der Waals surface area (Å²) in [5, 5.41) is 10.1. The molecule has 0 aromatic heterocycles. The third-order valence-electron chi connectivity index (χ3n) is 7.33. The lowest BCUT2D eigenvalue weighted by atomic mass is 9.70. The molecule has 7 atom stereocenters. The molecule has 0 saturated carbocycles. The molecule has 1 N–H and O–H groups in total. The van der Waals surface area contributed by atoms with Crippen molar-refractivity contribution >= 4 is 33.7 Å². The van der Waals surface area contributed by atoms with Gasteiger partial charge in [0.25, 0.3) is 0 Å². The van der Waals surface area contributed by atoms with E-state index in [9.17, 15) is 19.5 Å². The van der Waals surface area contributed by atoms with Crippen LogP contribution in [0.25, 0.3) is 0 Å². The molecule has 3 aliphatic heterocycles. The van der Waals surface area contributed by atoms with Crippen molar-refractivity contribution in [2.24, 2.45) is 11.8 Å². The van der Waals surface area contributed by atoms with Crippen molar-refractivity contribution in [3.8, 4) is 0 Å². The van der Waals surface area contributed by atoms with E-state index in [0.717, 1.165) is 0 Å². The molecule has 3 aliphatic rings. The van der Waals surface area contributed by atoms with Gasteiger partial charge in [0, 0.05) is 31.0 Å². The lowest BCUT2D eigenvalue weighted by Crippen LogP contribution is -2.60. The van der Waals surface area contributed by atoms with E-state index in [1.807, 2.05) is 20.8 Å². The fourth-order valence-electron chi connectivity index (χ4n) is 5.83. The van der Waals surface area contributed by atoms with Crippen LogP contribution in [0.2, 0.25) is 0 Å². The summed E-state index contributed by atoms with van der Waals surface area (Å²) in [6, 6.07) is -1.57. The van der Waals surface area contributed by atoms with Gasteiger partial charge in [-0.3, -0.25) is 14.4 Å². The number of likely N-dealkylation sites (N-methyl/N-ethyl adjacent to an activating group) is 1. The second kappa shape index (κ2) is 9.88. The van der Waals surface area contributed by atoms with Gasteiger partial charge in [-0.2, -0.15) is 0 Å². The van der Waals surface area contributed by atoms with Crippen molar-refractivity contribution in [1.29, 1.82) is 0 Å². The fourth-order valence-corrected chi connectivity index (χ4v) is 6.77. The van der Waals surface area contributed by atoms with Crippen LogP contribution in [0.5, 0.6) is 0 Å². The SMILES string of the molecule is C=CCN(C)C(=O)[C@H]1[C@@H]2OC3(CC2Br)C(C(=O)N(CC=C)C(C)C)N([C@@H](CC)CO)C(=O)[C@H]13. The molecule has 3 unspecified atom stereocenters. The minimum Gasteiger partial charge on any atom is -0.394 e. The zero-order valence-corrected chi connectivity index (χ0v) is 21.5. The molecule has 0 radical (unpaired) electrons. The number of aliphatic hydroxyl groups is 1. The molecular formula is C24H36BrN3O5. The standard InChI is InChI=1S/C24H36BrN3O5/c1-7-10-26(6)21(30)17-18-22(31)28(15(9-3)13-29)20(23(32)27(11-8-2)14(4)5)24(18)12-16(25)19(17)33-24/h7-8,14-20,29H,1-2,9-13H2,3-6H3/t15-,16?,17+,18-,19+,20?,24?/m0/s1. The van der Waals surface area contributed by atoms with Crippen LogP contribution in [0, 0.1) is 11.8 Å². The number of fused-ring (bicyclic) bond motifs is 1. The van der Waals surface area contributed by atoms with E-state index in [-0.39, 0.29) is 35.2 Å². The van der Waals surface area contributed by atoms with Gasteiger partial charge < -0.3 is 24.5 Å². The maximum atomic E-state index is 14.0. The summed E-state index contributed by atoms with van der Waals surface area (Å²) in [6.07, 6.45) is 3.72. The number of ether oxygens (including phenoxy) is 1. The van der Waals surface area contributed by atoms with Gasteiger partial charge in [0.2, 0.25) is 17.7 Å². The minimum absolute atomic E-state index is 0.119. The second-order valence-corrected chi connectivity index (χ2v) is 10.7. The zero-order valence-electron chi connectivity index (χ0n) is 19.9. The number of hydrogen-bond donors (Lipinski definition) is 1. The number of amides is 3. The highest BCUT2D eigenvalue weighted by Crippen LogP contribution is 2.60. The molecule has 184 valence electrons. The number of nitrogens with zero attached hydrogens (tertiary/aromatic N) is 3. The number of halogens is 1. The van der Waals surface area contributed by atoms with Crippen LogP contribution in [-0.2, 0) is 19.1 Å². The third kappa shape index (κ3) is 3.96. The van der Waals surface area contributed by atoms with Crippen molar-refractivity contribution in [3.05, 3.63) is 25.3 Å². The summed E-state index contributed by atoms with van der Waals surface area (Å²) in [5.74, 6) is -2.20. The van der Waals surface area contributed by atoms with Crippen LogP contribution in [0.3, 0.4) is 0 Å². The van der Waals surface area contributed by atoms with E-state index in [1.165, 1.54) is 4.90 Å². The first-order valence-electron chi connectivity index (χ1n) is 11.6. The van der Waals surface area contributed by atoms with Crippen LogP contribution < -0.4 is 0 Å². The van der Waals surface area contributed by atoms with Gasteiger partial charge in [-0.25, -0.2) is 0 Å². The quantitative estimate of drug-likeness (QED) is 0.345. The summed E-state index contributed by atoms with van der Waals surface area (Å²) in [4.78, 5) is 46.0. The van der Waals surface area contributed by atoms with Crippen molar-refractivity contribution in [2.45, 2.75) is 68.3 Å². The van der Waals surface area contributed by atoms with Gasteiger partial charge in [0.1, 0.15) is 11.6 Å². The van der Waals surface area contributed by atoms with Gasteiger partial charge in [-0.1, -0.05) is 35.0 Å². The predicted octanol–water partition coefficient (Wildman–Crippen LogP) is 1.57. The van der Waals surface area contributed by atoms with Crippen molar-refractivity contribution in [1.82, 2.24) is 14.7 Å². The van der Waals surface area contributed by atoms with Crippen LogP contribution in [-0.4, -0.2) is 98.9 Å². The normalized spacial score (nSPS) is 33.2. The lowest BCUT2D eigenvalue weighted by molar-refractivity contribution is -0.152. The summed E-state index contributed by atoms with van der Waals surface area (Å²) in [6.45, 7) is 13.6. The third-order valence-corrected chi connectivity index (χ3v) is 8.18. The molecule has 3 saturated heterocycles. The Bertz CT molecular complexity index is 816. The average molecular weight is 526 g/mol. The molecule has 0 aromatic rings. The molecule has 0 aromatic carbocycles. The second-order valence-electron chi connectivity index (χ2n) is 9.53. The van der Waals surface area contributed by atoms with E-state index in [4.69, 9.17) is 4.74 Å². The topological polar surface area (TPSA) is 90.4 Å². The Morgan fingerprint density at radius 3 is 2.45 bits per heavy atom. The Hall–Kier alpha value is -1.71. The molecule has 8 nitrogen and oxygen atoms in total. The van der Waals surface area contributed by atoms with Crippen LogP contribution in [0.1, 0.15) is 33.6 Å². The zero-order chi connectivity index (χ0) is 24.7. The maximum absolute atomic E-state index is 14.0. The van der Waals surface area contributed by atoms with Crippen molar-refractivity contribution in [2.75, 3.05) is 26.7 Å². The first-order chi connectivity index (χ1) is 15.6. The Balaban J connectivity index is 2.13. The van der Waals surface area contributed by atoms with Gasteiger partial charge >= 0.3 is 0 Å². The number of carbonyl (C=O) groups excluding carboxylic acids is 3. The van der Waals surface area contributed by atoms with Crippen LogP contribution in [0.4, 0.5) is 0 Å². The van der Waals surface area contributed by atoms with Gasteiger partial charge in [-0.05, 0) is 26.7 Å². The Kier molecular flexibility index (Phi) is 7.75. The van der Waals surface area contributed by atoms with Crippen molar-refractivity contribution < 1.29 is 24.2 Å². The molecule has 33 heavy (non-hydrogen) atoms. The van der Waals surface area contributed by atoms with Gasteiger partial charge in [0.05, 0.1) is 30.6 Å². The summed E-state index contributed by atoms with van der Waals surface area (Å²) >= 11 is 3.67.